The summed E-state index contributed by atoms with van der Waals surface area (Å²) >= 11 is 5.99. The molecule has 0 saturated carbocycles. The number of hydrogen-bond donors (Lipinski definition) is 1. The second-order valence-electron chi connectivity index (χ2n) is 29.4. The summed E-state index contributed by atoms with van der Waals surface area (Å²) in [6.07, 6.45) is 3.59. The number of halogens is 1. The molecule has 16 aromatic carbocycles. The maximum Gasteiger partial charge on any atom is 0.238 e. The molecular formula is C102H67ClN10. The van der Waals surface area contributed by atoms with E-state index in [9.17, 15) is 0 Å². The molecule has 24 rings (SSSR count). The predicted octanol–water partition coefficient (Wildman–Crippen LogP) is 25.0. The molecule has 0 unspecified atom stereocenters. The highest BCUT2D eigenvalue weighted by molar-refractivity contribution is 6.29. The molecule has 0 aliphatic heterocycles. The third-order valence-electron chi connectivity index (χ3n) is 22.9. The Labute approximate surface area is 654 Å². The molecule has 1 N–H and O–H groups in total. The van der Waals surface area contributed by atoms with Gasteiger partial charge in [-0.15, -0.1) is 0 Å². The SMILES string of the molecule is Clc1nc(-c2ccccc2)nc(-c2ccccc2)n1.c1ccc(-c2nc(-c3ccccc3)nc(-n3c4ccccc4c4c5c(c6c7ccccc7n(-c7ccccc7)c6c43)Cc3cc4ccccc4cc3C5)n2)cc1.c1ccc(-n2c3ccccc3c3c4c(c5c6ccccc6[nH]c5c32)Cc2cc3ccccc3cc2C4)cc1. The Bertz CT molecular complexity index is 7430. The monoisotopic (exact) mass is 1470 g/mol. The zero-order valence-electron chi connectivity index (χ0n) is 61.2. The van der Waals surface area contributed by atoms with E-state index in [1.165, 1.54) is 142 Å². The lowest BCUT2D eigenvalue weighted by atomic mass is 9.80. The number of benzene rings is 16. The minimum Gasteiger partial charge on any atom is -0.353 e. The van der Waals surface area contributed by atoms with Gasteiger partial charge < -0.3 is 14.1 Å². The van der Waals surface area contributed by atoms with Crippen molar-refractivity contribution in [2.45, 2.75) is 25.7 Å². The molecule has 0 radical (unpaired) electrons. The number of fused-ring (bicyclic) bond motifs is 24. The van der Waals surface area contributed by atoms with Crippen LogP contribution in [0.25, 0.3) is 172 Å². The Balaban J connectivity index is 0.000000117. The van der Waals surface area contributed by atoms with Crippen molar-refractivity contribution in [3.05, 3.63) is 402 Å². The molecule has 6 heterocycles. The molecule has 2 aliphatic rings. The second-order valence-corrected chi connectivity index (χ2v) is 29.7. The minimum atomic E-state index is 0.202. The number of aromatic amines is 1. The summed E-state index contributed by atoms with van der Waals surface area (Å²) < 4.78 is 7.26. The molecular weight excluding hydrogens is 1400 g/mol. The molecule has 10 nitrogen and oxygen atoms in total. The van der Waals surface area contributed by atoms with Crippen LogP contribution >= 0.6 is 11.6 Å². The van der Waals surface area contributed by atoms with E-state index >= 15 is 0 Å². The third kappa shape index (κ3) is 11.1. The minimum absolute atomic E-state index is 0.202. The van der Waals surface area contributed by atoms with Gasteiger partial charge in [0.25, 0.3) is 0 Å². The van der Waals surface area contributed by atoms with E-state index in [1.54, 1.807) is 0 Å². The maximum atomic E-state index is 5.99. The molecule has 0 saturated heterocycles. The fraction of sp³-hybridized carbons (Fsp3) is 0.0392. The zero-order chi connectivity index (χ0) is 74.6. The molecule has 6 aromatic heterocycles. The van der Waals surface area contributed by atoms with Gasteiger partial charge in [0.2, 0.25) is 11.2 Å². The van der Waals surface area contributed by atoms with Gasteiger partial charge in [0.1, 0.15) is 0 Å². The van der Waals surface area contributed by atoms with Crippen molar-refractivity contribution in [2.24, 2.45) is 0 Å². The molecule has 11 heteroatoms. The van der Waals surface area contributed by atoms with Crippen LogP contribution in [0.2, 0.25) is 5.28 Å². The molecule has 0 atom stereocenters. The van der Waals surface area contributed by atoms with Crippen LogP contribution < -0.4 is 0 Å². The fourth-order valence-corrected chi connectivity index (χ4v) is 18.2. The molecule has 113 heavy (non-hydrogen) atoms. The lowest BCUT2D eigenvalue weighted by Gasteiger charge is -2.24. The Kier molecular flexibility index (Phi) is 15.7. The first-order valence-electron chi connectivity index (χ1n) is 38.5. The smallest absolute Gasteiger partial charge is 0.238 e. The molecule has 0 bridgehead atoms. The molecule has 0 fully saturated rings. The van der Waals surface area contributed by atoms with Crippen LogP contribution in [0.4, 0.5) is 0 Å². The number of H-pyrrole nitrogens is 1. The van der Waals surface area contributed by atoms with Crippen molar-refractivity contribution in [2.75, 3.05) is 0 Å². The van der Waals surface area contributed by atoms with E-state index in [0.29, 0.717) is 29.2 Å². The zero-order valence-corrected chi connectivity index (χ0v) is 62.0. The first-order valence-corrected chi connectivity index (χ1v) is 38.8. The largest absolute Gasteiger partial charge is 0.353 e. The summed E-state index contributed by atoms with van der Waals surface area (Å²) in [4.78, 5) is 32.5. The Morgan fingerprint density at radius 2 is 0.549 bits per heavy atom. The average Bonchev–Trinajstić information content (AvgIpc) is 1.54. The van der Waals surface area contributed by atoms with Crippen molar-refractivity contribution < 1.29 is 0 Å². The standard InChI is InChI=1S/C51H33N5.C36H24N2.C15H10ClN3/c1-4-16-32(17-5-1)49-52-50(33-18-6-2-7-19-33)54-51(53-49)56-44-27-15-13-25-40(44)46-42-31-37-29-35-21-11-10-20-34(35)28-36(37)30-41(42)45-39-24-12-14-26-43(39)55(47(45)48(46)56)38-22-8-3-9-23-38;1-2-12-26(13-3-1)38-32-17-9-7-15-28(32)34-30-21-25-19-23-11-5-4-10-22(23)18-24(25)20-29(30)33-27-14-6-8-16-31(27)37-35(33)36(34)38;16-15-18-13(11-7-3-1-4-8-11)17-14(19-15)12-9-5-2-6-10-12/h1-29H,30-31H2;1-19,37H,20-21H2;1-10H. The topological polar surface area (TPSA) is 108 Å². The second kappa shape index (κ2) is 27.0. The van der Waals surface area contributed by atoms with Crippen molar-refractivity contribution in [3.63, 3.8) is 0 Å². The van der Waals surface area contributed by atoms with Gasteiger partial charge in [-0.2, -0.15) is 19.9 Å². The van der Waals surface area contributed by atoms with Gasteiger partial charge in [-0.3, -0.25) is 4.57 Å². The van der Waals surface area contributed by atoms with Crippen LogP contribution in [0.3, 0.4) is 0 Å². The highest BCUT2D eigenvalue weighted by Crippen LogP contribution is 2.51. The predicted molar refractivity (Wildman–Crippen MR) is 464 cm³/mol. The van der Waals surface area contributed by atoms with E-state index in [0.717, 1.165) is 70.2 Å². The highest BCUT2D eigenvalue weighted by atomic mass is 35.5. The van der Waals surface area contributed by atoms with Crippen molar-refractivity contribution in [1.29, 1.82) is 0 Å². The quantitative estimate of drug-likeness (QED) is 0.170. The summed E-state index contributed by atoms with van der Waals surface area (Å²) in [5, 5.41) is 15.8. The number of nitrogens with zero attached hydrogens (tertiary/aromatic N) is 9. The first-order chi connectivity index (χ1) is 56.0. The van der Waals surface area contributed by atoms with Crippen LogP contribution in [0.15, 0.2) is 352 Å². The number of rotatable bonds is 7. The van der Waals surface area contributed by atoms with E-state index in [1.807, 2.05) is 97.1 Å². The highest BCUT2D eigenvalue weighted by Gasteiger charge is 2.33. The van der Waals surface area contributed by atoms with Gasteiger partial charge in [0, 0.05) is 82.2 Å². The van der Waals surface area contributed by atoms with Gasteiger partial charge >= 0.3 is 0 Å². The molecule has 0 amide bonds. The summed E-state index contributed by atoms with van der Waals surface area (Å²) in [6, 6.07) is 124. The van der Waals surface area contributed by atoms with E-state index < -0.39 is 0 Å². The van der Waals surface area contributed by atoms with Gasteiger partial charge in [-0.25, -0.2) is 9.97 Å². The number of nitrogens with one attached hydrogen (secondary N) is 1. The van der Waals surface area contributed by atoms with Gasteiger partial charge in [-0.05, 0) is 152 Å². The van der Waals surface area contributed by atoms with Crippen molar-refractivity contribution in [1.82, 2.24) is 48.6 Å². The van der Waals surface area contributed by atoms with Crippen LogP contribution in [-0.2, 0) is 25.7 Å². The van der Waals surface area contributed by atoms with E-state index in [4.69, 9.17) is 26.6 Å². The third-order valence-corrected chi connectivity index (χ3v) is 23.1. The van der Waals surface area contributed by atoms with Gasteiger partial charge in [0.15, 0.2) is 23.3 Å². The first kappa shape index (κ1) is 65.6. The van der Waals surface area contributed by atoms with Gasteiger partial charge in [0.05, 0.1) is 38.6 Å². The summed E-state index contributed by atoms with van der Waals surface area (Å²) in [7, 11) is 0. The lowest BCUT2D eigenvalue weighted by Crippen LogP contribution is -2.11. The Morgan fingerprint density at radius 1 is 0.257 bits per heavy atom. The molecule has 532 valence electrons. The molecule has 2 aliphatic carbocycles. The summed E-state index contributed by atoms with van der Waals surface area (Å²) in [5.41, 5.74) is 26.9. The Morgan fingerprint density at radius 3 is 0.947 bits per heavy atom. The Hall–Kier alpha value is -14.5. The van der Waals surface area contributed by atoms with E-state index in [2.05, 4.69) is 288 Å². The van der Waals surface area contributed by atoms with Crippen molar-refractivity contribution in [3.8, 4) is 62.9 Å². The number of para-hydroxylation sites is 6. The normalized spacial score (nSPS) is 12.3. The van der Waals surface area contributed by atoms with E-state index in [-0.39, 0.29) is 5.28 Å². The van der Waals surface area contributed by atoms with Crippen LogP contribution in [0.1, 0.15) is 44.5 Å². The molecule has 22 aromatic rings. The van der Waals surface area contributed by atoms with Crippen LogP contribution in [0.5, 0.6) is 0 Å². The molecule has 0 spiro atoms. The lowest BCUT2D eigenvalue weighted by molar-refractivity contribution is 0.952. The summed E-state index contributed by atoms with van der Waals surface area (Å²) in [5.74, 6) is 3.04. The average molecular weight is 1470 g/mol. The fourth-order valence-electron chi connectivity index (χ4n) is 18.0. The maximum absolute atomic E-state index is 5.99. The number of aromatic nitrogens is 10. The van der Waals surface area contributed by atoms with Crippen molar-refractivity contribution >= 4 is 120 Å². The van der Waals surface area contributed by atoms with Gasteiger partial charge in [-0.1, -0.05) is 303 Å². The van der Waals surface area contributed by atoms with Crippen LogP contribution in [0, 0.1) is 0 Å². The van der Waals surface area contributed by atoms with Crippen LogP contribution in [-0.4, -0.2) is 48.6 Å². The summed E-state index contributed by atoms with van der Waals surface area (Å²) in [6.45, 7) is 0. The number of hydrogen-bond acceptors (Lipinski definition) is 6.